The summed E-state index contributed by atoms with van der Waals surface area (Å²) in [6.45, 7) is 4.25. The van der Waals surface area contributed by atoms with Crippen LogP contribution in [0, 0.1) is 6.92 Å². The van der Waals surface area contributed by atoms with Crippen LogP contribution < -0.4 is 0 Å². The molecule has 1 nitrogen and oxygen atoms in total. The van der Waals surface area contributed by atoms with Gasteiger partial charge in [-0.1, -0.05) is 44.0 Å². The zero-order valence-corrected chi connectivity index (χ0v) is 9.16. The third kappa shape index (κ3) is 3.51. The number of aliphatic hydroxyl groups excluding tert-OH is 1. The second kappa shape index (κ2) is 5.82. The molecule has 0 saturated carbocycles. The first kappa shape index (κ1) is 11.3. The summed E-state index contributed by atoms with van der Waals surface area (Å²) in [5.74, 6) is 0. The van der Waals surface area contributed by atoms with E-state index in [1.807, 2.05) is 12.1 Å². The average molecular weight is 192 g/mol. The molecule has 0 aliphatic rings. The molecule has 0 radical (unpaired) electrons. The normalized spacial score (nSPS) is 12.8. The third-order valence-electron chi connectivity index (χ3n) is 2.61. The van der Waals surface area contributed by atoms with Crippen molar-refractivity contribution in [1.82, 2.24) is 0 Å². The van der Waals surface area contributed by atoms with Gasteiger partial charge in [-0.25, -0.2) is 0 Å². The smallest absolute Gasteiger partial charge is 0.0580 e. The topological polar surface area (TPSA) is 20.2 Å². The largest absolute Gasteiger partial charge is 0.393 e. The Kier molecular flexibility index (Phi) is 4.68. The Morgan fingerprint density at radius 1 is 1.29 bits per heavy atom. The molecule has 78 valence electrons. The number of unbranched alkanes of at least 4 members (excludes halogenated alkanes) is 1. The molecule has 1 rings (SSSR count). The Bertz CT molecular complexity index is 268. The molecule has 1 atom stereocenters. The lowest BCUT2D eigenvalue weighted by Gasteiger charge is -2.11. The van der Waals surface area contributed by atoms with Gasteiger partial charge in [0.1, 0.15) is 0 Å². The van der Waals surface area contributed by atoms with Gasteiger partial charge in [0.25, 0.3) is 0 Å². The fourth-order valence-electron chi connectivity index (χ4n) is 1.63. The second-order valence-corrected chi connectivity index (χ2v) is 3.93. The number of hydrogen-bond donors (Lipinski definition) is 1. The van der Waals surface area contributed by atoms with Gasteiger partial charge < -0.3 is 5.11 Å². The van der Waals surface area contributed by atoms with Crippen molar-refractivity contribution in [1.29, 1.82) is 0 Å². The van der Waals surface area contributed by atoms with Gasteiger partial charge >= 0.3 is 0 Å². The summed E-state index contributed by atoms with van der Waals surface area (Å²) >= 11 is 0. The lowest BCUT2D eigenvalue weighted by atomic mass is 10.00. The number of hydrogen-bond acceptors (Lipinski definition) is 1. The van der Waals surface area contributed by atoms with Crippen LogP contribution in [-0.4, -0.2) is 11.2 Å². The zero-order valence-electron chi connectivity index (χ0n) is 9.16. The van der Waals surface area contributed by atoms with Crippen molar-refractivity contribution < 1.29 is 5.11 Å². The Balaban J connectivity index is 2.47. The molecule has 0 aliphatic carbocycles. The van der Waals surface area contributed by atoms with Crippen LogP contribution in [0.4, 0.5) is 0 Å². The van der Waals surface area contributed by atoms with E-state index in [0.717, 1.165) is 25.7 Å². The predicted molar refractivity (Wildman–Crippen MR) is 60.4 cm³/mol. The molecule has 0 spiro atoms. The summed E-state index contributed by atoms with van der Waals surface area (Å²) in [7, 11) is 0. The Labute approximate surface area is 86.8 Å². The van der Waals surface area contributed by atoms with Gasteiger partial charge in [-0.3, -0.25) is 0 Å². The molecular weight excluding hydrogens is 172 g/mol. The molecule has 0 aliphatic heterocycles. The van der Waals surface area contributed by atoms with Crippen molar-refractivity contribution in [2.45, 2.75) is 45.6 Å². The van der Waals surface area contributed by atoms with Gasteiger partial charge in [0.2, 0.25) is 0 Å². The maximum atomic E-state index is 9.76. The molecule has 0 aromatic heterocycles. The van der Waals surface area contributed by atoms with E-state index < -0.39 is 0 Å². The standard InChI is InChI=1S/C13H20O/c1-3-4-9-13(14)10-12-8-6-5-7-11(12)2/h5-8,13-14H,3-4,9-10H2,1-2H3. The van der Waals surface area contributed by atoms with Gasteiger partial charge in [0.15, 0.2) is 0 Å². The van der Waals surface area contributed by atoms with E-state index >= 15 is 0 Å². The van der Waals surface area contributed by atoms with Crippen LogP contribution in [0.1, 0.15) is 37.3 Å². The average Bonchev–Trinajstić information content (AvgIpc) is 2.18. The van der Waals surface area contributed by atoms with Crippen LogP contribution >= 0.6 is 0 Å². The van der Waals surface area contributed by atoms with Crippen molar-refractivity contribution in [3.8, 4) is 0 Å². The molecule has 1 heteroatoms. The number of aryl methyl sites for hydroxylation is 1. The molecule has 0 bridgehead atoms. The van der Waals surface area contributed by atoms with Crippen LogP contribution in [0.15, 0.2) is 24.3 Å². The summed E-state index contributed by atoms with van der Waals surface area (Å²) < 4.78 is 0. The van der Waals surface area contributed by atoms with Crippen molar-refractivity contribution in [2.24, 2.45) is 0 Å². The van der Waals surface area contributed by atoms with Gasteiger partial charge in [0.05, 0.1) is 6.10 Å². The van der Waals surface area contributed by atoms with Crippen LogP contribution in [0.2, 0.25) is 0 Å². The molecular formula is C13H20O. The van der Waals surface area contributed by atoms with Crippen LogP contribution in [-0.2, 0) is 6.42 Å². The summed E-state index contributed by atoms with van der Waals surface area (Å²) in [4.78, 5) is 0. The lowest BCUT2D eigenvalue weighted by molar-refractivity contribution is 0.161. The van der Waals surface area contributed by atoms with Crippen LogP contribution in [0.3, 0.4) is 0 Å². The highest BCUT2D eigenvalue weighted by molar-refractivity contribution is 5.25. The third-order valence-corrected chi connectivity index (χ3v) is 2.61. The molecule has 1 unspecified atom stereocenters. The molecule has 1 aromatic rings. The van der Waals surface area contributed by atoms with Gasteiger partial charge in [0, 0.05) is 0 Å². The van der Waals surface area contributed by atoms with Crippen molar-refractivity contribution in [3.63, 3.8) is 0 Å². The van der Waals surface area contributed by atoms with E-state index in [0.29, 0.717) is 0 Å². The Morgan fingerprint density at radius 3 is 2.64 bits per heavy atom. The summed E-state index contributed by atoms with van der Waals surface area (Å²) in [5.41, 5.74) is 2.55. The minimum absolute atomic E-state index is 0.170. The molecule has 1 N–H and O–H groups in total. The maximum Gasteiger partial charge on any atom is 0.0580 e. The maximum absolute atomic E-state index is 9.76. The quantitative estimate of drug-likeness (QED) is 0.760. The van der Waals surface area contributed by atoms with E-state index in [1.54, 1.807) is 0 Å². The van der Waals surface area contributed by atoms with Gasteiger partial charge in [-0.2, -0.15) is 0 Å². The second-order valence-electron chi connectivity index (χ2n) is 3.93. The SMILES string of the molecule is CCCCC(O)Cc1ccccc1C. The van der Waals surface area contributed by atoms with Crippen molar-refractivity contribution in [2.75, 3.05) is 0 Å². The number of aliphatic hydroxyl groups is 1. The van der Waals surface area contributed by atoms with Gasteiger partial charge in [-0.05, 0) is 30.9 Å². The van der Waals surface area contributed by atoms with E-state index in [9.17, 15) is 5.11 Å². The van der Waals surface area contributed by atoms with Crippen molar-refractivity contribution >= 4 is 0 Å². The highest BCUT2D eigenvalue weighted by Gasteiger charge is 2.06. The lowest BCUT2D eigenvalue weighted by Crippen LogP contribution is -2.10. The monoisotopic (exact) mass is 192 g/mol. The van der Waals surface area contributed by atoms with E-state index in [4.69, 9.17) is 0 Å². The number of rotatable bonds is 5. The van der Waals surface area contributed by atoms with E-state index in [-0.39, 0.29) is 6.10 Å². The van der Waals surface area contributed by atoms with E-state index in [2.05, 4.69) is 26.0 Å². The first-order valence-electron chi connectivity index (χ1n) is 5.46. The minimum atomic E-state index is -0.170. The Morgan fingerprint density at radius 2 is 2.00 bits per heavy atom. The molecule has 0 saturated heterocycles. The minimum Gasteiger partial charge on any atom is -0.393 e. The predicted octanol–water partition coefficient (Wildman–Crippen LogP) is 3.09. The first-order chi connectivity index (χ1) is 6.74. The summed E-state index contributed by atoms with van der Waals surface area (Å²) in [6, 6.07) is 8.28. The zero-order chi connectivity index (χ0) is 10.4. The Hall–Kier alpha value is -0.820. The highest BCUT2D eigenvalue weighted by atomic mass is 16.3. The van der Waals surface area contributed by atoms with E-state index in [1.165, 1.54) is 11.1 Å². The summed E-state index contributed by atoms with van der Waals surface area (Å²) in [6.07, 6.45) is 3.83. The molecule has 0 heterocycles. The molecule has 14 heavy (non-hydrogen) atoms. The molecule has 0 amide bonds. The molecule has 1 aromatic carbocycles. The van der Waals surface area contributed by atoms with Crippen LogP contribution in [0.25, 0.3) is 0 Å². The highest BCUT2D eigenvalue weighted by Crippen LogP contribution is 2.12. The van der Waals surface area contributed by atoms with Crippen LogP contribution in [0.5, 0.6) is 0 Å². The first-order valence-corrected chi connectivity index (χ1v) is 5.46. The van der Waals surface area contributed by atoms with Crippen molar-refractivity contribution in [3.05, 3.63) is 35.4 Å². The summed E-state index contributed by atoms with van der Waals surface area (Å²) in [5, 5.41) is 9.76. The molecule has 0 fully saturated rings. The fraction of sp³-hybridized carbons (Fsp3) is 0.538. The van der Waals surface area contributed by atoms with Gasteiger partial charge in [-0.15, -0.1) is 0 Å². The number of benzene rings is 1. The fourth-order valence-corrected chi connectivity index (χ4v) is 1.63.